The third-order valence-electron chi connectivity index (χ3n) is 5.02. The van der Waals surface area contributed by atoms with Crippen molar-refractivity contribution in [1.29, 1.82) is 0 Å². The van der Waals surface area contributed by atoms with E-state index in [2.05, 4.69) is 5.32 Å². The third-order valence-corrected chi connectivity index (χ3v) is 6.84. The number of nitrogens with zero attached hydrogens (tertiary/aromatic N) is 2. The van der Waals surface area contributed by atoms with Gasteiger partial charge in [-0.25, -0.2) is 8.42 Å². The van der Waals surface area contributed by atoms with E-state index in [0.29, 0.717) is 18.0 Å². The molecular weight excluding hydrogens is 521 g/mol. The third kappa shape index (κ3) is 8.05. The molecule has 0 aliphatic carbocycles. The highest BCUT2D eigenvalue weighted by molar-refractivity contribution is 7.92. The lowest BCUT2D eigenvalue weighted by Crippen LogP contribution is -2.52. The van der Waals surface area contributed by atoms with Crippen LogP contribution >= 0.6 is 34.8 Å². The Labute approximate surface area is 216 Å². The van der Waals surface area contributed by atoms with Crippen LogP contribution in [0.25, 0.3) is 0 Å². The first-order chi connectivity index (χ1) is 16.0. The first kappa shape index (κ1) is 28.2. The fourth-order valence-corrected chi connectivity index (χ4v) is 4.84. The lowest BCUT2D eigenvalue weighted by molar-refractivity contribution is -0.140. The summed E-state index contributed by atoms with van der Waals surface area (Å²) in [6, 6.07) is 10.4. The average molecular weight is 549 g/mol. The molecule has 186 valence electrons. The van der Waals surface area contributed by atoms with Gasteiger partial charge in [-0.3, -0.25) is 13.9 Å². The van der Waals surface area contributed by atoms with Gasteiger partial charge in [0, 0.05) is 28.2 Å². The Hall–Kier alpha value is -2.00. The summed E-state index contributed by atoms with van der Waals surface area (Å²) in [6.07, 6.45) is 2.07. The maximum Gasteiger partial charge on any atom is 0.244 e. The van der Waals surface area contributed by atoms with Crippen molar-refractivity contribution in [2.45, 2.75) is 39.3 Å². The van der Waals surface area contributed by atoms with E-state index in [4.69, 9.17) is 34.8 Å². The number of sulfonamides is 1. The van der Waals surface area contributed by atoms with Crippen LogP contribution in [0.2, 0.25) is 15.1 Å². The fraction of sp³-hybridized carbons (Fsp3) is 0.391. The zero-order valence-corrected chi connectivity index (χ0v) is 22.3. The van der Waals surface area contributed by atoms with E-state index < -0.39 is 28.5 Å². The molecule has 34 heavy (non-hydrogen) atoms. The quantitative estimate of drug-likeness (QED) is 0.439. The zero-order chi connectivity index (χ0) is 25.5. The molecule has 0 bridgehead atoms. The first-order valence-electron chi connectivity index (χ1n) is 10.7. The van der Waals surface area contributed by atoms with E-state index >= 15 is 0 Å². The first-order valence-corrected chi connectivity index (χ1v) is 13.7. The Morgan fingerprint density at radius 1 is 0.971 bits per heavy atom. The van der Waals surface area contributed by atoms with Crippen molar-refractivity contribution in [3.05, 3.63) is 63.1 Å². The summed E-state index contributed by atoms with van der Waals surface area (Å²) < 4.78 is 26.1. The summed E-state index contributed by atoms with van der Waals surface area (Å²) in [5.41, 5.74) is 0.902. The second-order valence-corrected chi connectivity index (χ2v) is 11.0. The SMILES string of the molecule is CCCNC(=O)C(CC)N(Cc1ccc(Cl)cc1)C(=O)CN(c1cc(Cl)cc(Cl)c1)S(C)(=O)=O. The lowest BCUT2D eigenvalue weighted by Gasteiger charge is -2.33. The maximum atomic E-state index is 13.5. The largest absolute Gasteiger partial charge is 0.354 e. The van der Waals surface area contributed by atoms with Crippen LogP contribution in [0, 0.1) is 0 Å². The minimum Gasteiger partial charge on any atom is -0.354 e. The van der Waals surface area contributed by atoms with Gasteiger partial charge >= 0.3 is 0 Å². The molecule has 11 heteroatoms. The minimum atomic E-state index is -3.87. The summed E-state index contributed by atoms with van der Waals surface area (Å²) in [5.74, 6) is -0.849. The molecule has 1 unspecified atom stereocenters. The molecule has 2 aromatic rings. The van der Waals surface area contributed by atoms with Crippen LogP contribution in [-0.2, 0) is 26.2 Å². The summed E-state index contributed by atoms with van der Waals surface area (Å²) >= 11 is 18.1. The molecule has 0 aromatic heterocycles. The molecule has 0 aliphatic rings. The highest BCUT2D eigenvalue weighted by Gasteiger charge is 2.31. The topological polar surface area (TPSA) is 86.8 Å². The molecule has 0 spiro atoms. The Kier molecular flexibility index (Phi) is 10.5. The van der Waals surface area contributed by atoms with E-state index in [1.54, 1.807) is 31.2 Å². The summed E-state index contributed by atoms with van der Waals surface area (Å²) in [5, 5.41) is 3.82. The molecule has 2 amide bonds. The number of hydrogen-bond donors (Lipinski definition) is 1. The van der Waals surface area contributed by atoms with Crippen molar-refractivity contribution in [3.8, 4) is 0 Å². The summed E-state index contributed by atoms with van der Waals surface area (Å²) in [6.45, 7) is 3.76. The number of hydrogen-bond acceptors (Lipinski definition) is 4. The van der Waals surface area contributed by atoms with E-state index in [9.17, 15) is 18.0 Å². The summed E-state index contributed by atoms with van der Waals surface area (Å²) in [7, 11) is -3.87. The van der Waals surface area contributed by atoms with Crippen LogP contribution in [-0.4, -0.2) is 50.5 Å². The van der Waals surface area contributed by atoms with E-state index in [1.807, 2.05) is 6.92 Å². The molecule has 0 radical (unpaired) electrons. The highest BCUT2D eigenvalue weighted by Crippen LogP contribution is 2.27. The monoisotopic (exact) mass is 547 g/mol. The van der Waals surface area contributed by atoms with Crippen molar-refractivity contribution < 1.29 is 18.0 Å². The standard InChI is InChI=1S/C23H28Cl3N3O4S/c1-4-10-27-23(31)21(5-2)28(14-16-6-8-17(24)9-7-16)22(30)15-29(34(3,32)33)20-12-18(25)11-19(26)13-20/h6-9,11-13,21H,4-5,10,14-15H2,1-3H3,(H,27,31). The van der Waals surface area contributed by atoms with E-state index in [1.165, 1.54) is 23.1 Å². The van der Waals surface area contributed by atoms with Gasteiger partial charge in [-0.2, -0.15) is 0 Å². The number of amides is 2. The number of anilines is 1. The van der Waals surface area contributed by atoms with E-state index in [0.717, 1.165) is 22.5 Å². The van der Waals surface area contributed by atoms with Crippen LogP contribution in [0.5, 0.6) is 0 Å². The Morgan fingerprint density at radius 3 is 2.06 bits per heavy atom. The zero-order valence-electron chi connectivity index (χ0n) is 19.2. The predicted molar refractivity (Wildman–Crippen MR) is 138 cm³/mol. The molecule has 0 saturated heterocycles. The lowest BCUT2D eigenvalue weighted by atomic mass is 10.1. The molecule has 0 heterocycles. The molecule has 0 saturated carbocycles. The van der Waals surface area contributed by atoms with Crippen LogP contribution in [0.1, 0.15) is 32.3 Å². The van der Waals surface area contributed by atoms with Gasteiger partial charge in [-0.1, -0.05) is 60.8 Å². The molecule has 0 fully saturated rings. The van der Waals surface area contributed by atoms with Crippen molar-refractivity contribution in [3.63, 3.8) is 0 Å². The summed E-state index contributed by atoms with van der Waals surface area (Å²) in [4.78, 5) is 27.8. The number of carbonyl (C=O) groups is 2. The van der Waals surface area contributed by atoms with Gasteiger partial charge in [-0.15, -0.1) is 0 Å². The van der Waals surface area contributed by atoms with Crippen molar-refractivity contribution in [1.82, 2.24) is 10.2 Å². The smallest absolute Gasteiger partial charge is 0.244 e. The van der Waals surface area contributed by atoms with Crippen molar-refractivity contribution in [2.75, 3.05) is 23.7 Å². The van der Waals surface area contributed by atoms with E-state index in [-0.39, 0.29) is 28.2 Å². The van der Waals surface area contributed by atoms with Gasteiger partial charge in [0.15, 0.2) is 0 Å². The van der Waals surface area contributed by atoms with Crippen LogP contribution < -0.4 is 9.62 Å². The van der Waals surface area contributed by atoms with Gasteiger partial charge in [0.2, 0.25) is 21.8 Å². The highest BCUT2D eigenvalue weighted by atomic mass is 35.5. The Balaban J connectivity index is 2.44. The number of rotatable bonds is 11. The number of benzene rings is 2. The Morgan fingerprint density at radius 2 is 1.56 bits per heavy atom. The van der Waals surface area contributed by atoms with Crippen LogP contribution in [0.4, 0.5) is 5.69 Å². The second-order valence-electron chi connectivity index (χ2n) is 7.76. The van der Waals surface area contributed by atoms with Crippen LogP contribution in [0.3, 0.4) is 0 Å². The average Bonchev–Trinajstić information content (AvgIpc) is 2.75. The molecular formula is C23H28Cl3N3O4S. The van der Waals surface area contributed by atoms with Crippen molar-refractivity contribution >= 4 is 62.3 Å². The molecule has 0 aliphatic heterocycles. The van der Waals surface area contributed by atoms with Crippen LogP contribution in [0.15, 0.2) is 42.5 Å². The minimum absolute atomic E-state index is 0.0992. The normalized spacial score (nSPS) is 12.2. The maximum absolute atomic E-state index is 13.5. The molecule has 1 N–H and O–H groups in total. The second kappa shape index (κ2) is 12.6. The number of carbonyl (C=O) groups excluding carboxylic acids is 2. The molecule has 7 nitrogen and oxygen atoms in total. The molecule has 2 aromatic carbocycles. The fourth-order valence-electron chi connectivity index (χ4n) is 3.37. The number of halogens is 3. The van der Waals surface area contributed by atoms with Crippen molar-refractivity contribution in [2.24, 2.45) is 0 Å². The Bertz CT molecular complexity index is 1090. The van der Waals surface area contributed by atoms with Gasteiger partial charge in [-0.05, 0) is 48.7 Å². The van der Waals surface area contributed by atoms with Gasteiger partial charge in [0.05, 0.1) is 11.9 Å². The van der Waals surface area contributed by atoms with Gasteiger partial charge < -0.3 is 10.2 Å². The van der Waals surface area contributed by atoms with Gasteiger partial charge in [0.1, 0.15) is 12.6 Å². The predicted octanol–water partition coefficient (Wildman–Crippen LogP) is 4.75. The molecule has 2 rings (SSSR count). The molecule has 1 atom stereocenters. The number of nitrogens with one attached hydrogen (secondary N) is 1. The van der Waals surface area contributed by atoms with Gasteiger partial charge in [0.25, 0.3) is 0 Å².